The molecule has 0 bridgehead atoms. The molecule has 182 valence electrons. The number of aryl methyl sites for hydroxylation is 2. The van der Waals surface area contributed by atoms with Gasteiger partial charge in [0.2, 0.25) is 11.7 Å². The van der Waals surface area contributed by atoms with Gasteiger partial charge in [0, 0.05) is 62.9 Å². The third-order valence-electron chi connectivity index (χ3n) is 6.21. The van der Waals surface area contributed by atoms with Crippen molar-refractivity contribution in [2.45, 2.75) is 13.3 Å². The van der Waals surface area contributed by atoms with Crippen LogP contribution in [-0.2, 0) is 18.3 Å². The number of ketones is 1. The van der Waals surface area contributed by atoms with E-state index in [2.05, 4.69) is 10.3 Å². The maximum atomic E-state index is 12.7. The SMILES string of the molecule is CCc1ccccc1NC(=O)CN1CCN(c2ccc(C(=O)c3nccn3C)cc2[N+](=O)[O-])CC1. The number of aromatic nitrogens is 2. The van der Waals surface area contributed by atoms with Gasteiger partial charge in [-0.25, -0.2) is 4.98 Å². The fraction of sp³-hybridized carbons (Fsp3) is 0.320. The van der Waals surface area contributed by atoms with E-state index in [-0.39, 0.29) is 35.3 Å². The topological polar surface area (TPSA) is 114 Å². The van der Waals surface area contributed by atoms with Gasteiger partial charge in [-0.3, -0.25) is 24.6 Å². The van der Waals surface area contributed by atoms with Gasteiger partial charge in [0.25, 0.3) is 5.69 Å². The van der Waals surface area contributed by atoms with Crippen LogP contribution < -0.4 is 10.2 Å². The van der Waals surface area contributed by atoms with Gasteiger partial charge in [-0.2, -0.15) is 0 Å². The Hall–Kier alpha value is -4.05. The molecule has 0 spiro atoms. The van der Waals surface area contributed by atoms with Crippen LogP contribution in [0.25, 0.3) is 0 Å². The normalized spacial score (nSPS) is 14.1. The number of carbonyl (C=O) groups is 2. The van der Waals surface area contributed by atoms with Gasteiger partial charge >= 0.3 is 0 Å². The Morgan fingerprint density at radius 2 is 1.86 bits per heavy atom. The predicted molar refractivity (Wildman–Crippen MR) is 133 cm³/mol. The summed E-state index contributed by atoms with van der Waals surface area (Å²) in [5.41, 5.74) is 2.48. The number of anilines is 2. The summed E-state index contributed by atoms with van der Waals surface area (Å²) in [7, 11) is 1.70. The second-order valence-corrected chi connectivity index (χ2v) is 8.47. The molecule has 10 heteroatoms. The fourth-order valence-electron chi connectivity index (χ4n) is 4.28. The van der Waals surface area contributed by atoms with Crippen molar-refractivity contribution in [2.24, 2.45) is 7.05 Å². The smallest absolute Gasteiger partial charge is 0.293 e. The standard InChI is InChI=1S/C25H28N6O4/c1-3-18-6-4-5-7-20(18)27-23(32)17-29-12-14-30(15-13-29)21-9-8-19(16-22(21)31(34)35)24(33)25-26-10-11-28(25)2/h4-11,16H,3,12-15,17H2,1-2H3,(H,27,32). The Morgan fingerprint density at radius 3 is 2.51 bits per heavy atom. The van der Waals surface area contributed by atoms with Crippen LogP contribution in [-0.4, -0.2) is 63.8 Å². The Labute approximate surface area is 203 Å². The molecular weight excluding hydrogens is 448 g/mol. The van der Waals surface area contributed by atoms with Gasteiger partial charge in [0.05, 0.1) is 11.5 Å². The van der Waals surface area contributed by atoms with Crippen LogP contribution in [0, 0.1) is 10.1 Å². The summed E-state index contributed by atoms with van der Waals surface area (Å²) < 4.78 is 1.58. The number of nitro benzene ring substituents is 1. The van der Waals surface area contributed by atoms with Crippen LogP contribution in [0.5, 0.6) is 0 Å². The van der Waals surface area contributed by atoms with Crippen molar-refractivity contribution in [1.29, 1.82) is 0 Å². The quantitative estimate of drug-likeness (QED) is 0.302. The molecule has 0 atom stereocenters. The minimum Gasteiger partial charge on any atom is -0.363 e. The predicted octanol–water partition coefficient (Wildman–Crippen LogP) is 2.88. The lowest BCUT2D eigenvalue weighted by atomic mass is 10.1. The number of nitrogens with zero attached hydrogens (tertiary/aromatic N) is 5. The van der Waals surface area contributed by atoms with Crippen molar-refractivity contribution in [3.8, 4) is 0 Å². The number of nitro groups is 1. The summed E-state index contributed by atoms with van der Waals surface area (Å²) in [4.78, 5) is 44.7. The van der Waals surface area contributed by atoms with Gasteiger partial charge < -0.3 is 14.8 Å². The lowest BCUT2D eigenvalue weighted by molar-refractivity contribution is -0.384. The highest BCUT2D eigenvalue weighted by atomic mass is 16.6. The summed E-state index contributed by atoms with van der Waals surface area (Å²) in [6.45, 7) is 4.55. The molecule has 1 saturated heterocycles. The highest BCUT2D eigenvalue weighted by Crippen LogP contribution is 2.31. The first-order valence-electron chi connectivity index (χ1n) is 11.5. The Bertz CT molecular complexity index is 1250. The molecule has 1 aliphatic heterocycles. The molecule has 0 saturated carbocycles. The van der Waals surface area contributed by atoms with Crippen molar-refractivity contribution >= 4 is 28.8 Å². The van der Waals surface area contributed by atoms with Crippen LogP contribution in [0.4, 0.5) is 17.1 Å². The Kier molecular flexibility index (Phi) is 7.21. The molecule has 35 heavy (non-hydrogen) atoms. The zero-order valence-corrected chi connectivity index (χ0v) is 19.8. The van der Waals surface area contributed by atoms with Crippen molar-refractivity contribution in [3.63, 3.8) is 0 Å². The number of piperazine rings is 1. The summed E-state index contributed by atoms with van der Waals surface area (Å²) >= 11 is 0. The average molecular weight is 477 g/mol. The van der Waals surface area contributed by atoms with Crippen molar-refractivity contribution in [2.75, 3.05) is 42.9 Å². The van der Waals surface area contributed by atoms with Crippen LogP contribution in [0.1, 0.15) is 28.7 Å². The molecule has 1 amide bonds. The molecule has 0 unspecified atom stereocenters. The van der Waals surface area contributed by atoms with E-state index in [1.807, 2.05) is 41.0 Å². The van der Waals surface area contributed by atoms with E-state index in [4.69, 9.17) is 0 Å². The van der Waals surface area contributed by atoms with Gasteiger partial charge in [-0.15, -0.1) is 0 Å². The van der Waals surface area contributed by atoms with E-state index in [1.165, 1.54) is 12.3 Å². The first kappa shape index (κ1) is 24.1. The van der Waals surface area contributed by atoms with Gasteiger partial charge in [-0.05, 0) is 30.2 Å². The van der Waals surface area contributed by atoms with Gasteiger partial charge in [0.15, 0.2) is 5.82 Å². The number of carbonyl (C=O) groups excluding carboxylic acids is 2. The van der Waals surface area contributed by atoms with Gasteiger partial charge in [-0.1, -0.05) is 25.1 Å². The number of para-hydroxylation sites is 1. The fourth-order valence-corrected chi connectivity index (χ4v) is 4.28. The second-order valence-electron chi connectivity index (χ2n) is 8.47. The molecule has 1 aromatic heterocycles. The molecule has 2 heterocycles. The molecule has 1 N–H and O–H groups in total. The average Bonchev–Trinajstić information content (AvgIpc) is 3.29. The maximum absolute atomic E-state index is 12.7. The minimum absolute atomic E-state index is 0.0810. The number of nitrogens with one attached hydrogen (secondary N) is 1. The summed E-state index contributed by atoms with van der Waals surface area (Å²) in [5, 5.41) is 14.8. The number of rotatable bonds is 8. The maximum Gasteiger partial charge on any atom is 0.293 e. The van der Waals surface area contributed by atoms with Crippen molar-refractivity contribution < 1.29 is 14.5 Å². The van der Waals surface area contributed by atoms with E-state index in [0.717, 1.165) is 17.7 Å². The lowest BCUT2D eigenvalue weighted by Crippen LogP contribution is -2.48. The zero-order valence-electron chi connectivity index (χ0n) is 19.8. The lowest BCUT2D eigenvalue weighted by Gasteiger charge is -2.35. The molecule has 4 rings (SSSR count). The van der Waals surface area contributed by atoms with Crippen LogP contribution in [0.3, 0.4) is 0 Å². The molecule has 2 aromatic carbocycles. The highest BCUT2D eigenvalue weighted by Gasteiger charge is 2.27. The first-order chi connectivity index (χ1) is 16.9. The molecule has 3 aromatic rings. The first-order valence-corrected chi connectivity index (χ1v) is 11.5. The van der Waals surface area contributed by atoms with Crippen molar-refractivity contribution in [1.82, 2.24) is 14.5 Å². The number of benzene rings is 2. The molecule has 0 aliphatic carbocycles. The Balaban J connectivity index is 1.40. The Morgan fingerprint density at radius 1 is 1.11 bits per heavy atom. The van der Waals surface area contributed by atoms with E-state index in [1.54, 1.807) is 29.9 Å². The third kappa shape index (κ3) is 5.38. The van der Waals surface area contributed by atoms with E-state index in [9.17, 15) is 19.7 Å². The van der Waals surface area contributed by atoms with Crippen molar-refractivity contribution in [3.05, 3.63) is 81.9 Å². The van der Waals surface area contributed by atoms with Crippen LogP contribution in [0.2, 0.25) is 0 Å². The van der Waals surface area contributed by atoms with Crippen LogP contribution >= 0.6 is 0 Å². The molecule has 0 radical (unpaired) electrons. The summed E-state index contributed by atoms with van der Waals surface area (Å²) in [6.07, 6.45) is 4.00. The molecule has 10 nitrogen and oxygen atoms in total. The molecule has 1 fully saturated rings. The molecular formula is C25H28N6O4. The minimum atomic E-state index is -0.463. The number of hydrogen-bond donors (Lipinski definition) is 1. The van der Waals surface area contributed by atoms with E-state index < -0.39 is 4.92 Å². The van der Waals surface area contributed by atoms with Gasteiger partial charge in [0.1, 0.15) is 5.69 Å². The number of imidazole rings is 1. The van der Waals surface area contributed by atoms with E-state index >= 15 is 0 Å². The van der Waals surface area contributed by atoms with Crippen LogP contribution in [0.15, 0.2) is 54.9 Å². The largest absolute Gasteiger partial charge is 0.363 e. The number of amides is 1. The zero-order chi connectivity index (χ0) is 24.9. The third-order valence-corrected chi connectivity index (χ3v) is 6.21. The molecule has 1 aliphatic rings. The second kappa shape index (κ2) is 10.5. The summed E-state index contributed by atoms with van der Waals surface area (Å²) in [6, 6.07) is 12.3. The highest BCUT2D eigenvalue weighted by molar-refractivity contribution is 6.07. The summed E-state index contributed by atoms with van der Waals surface area (Å²) in [5.74, 6) is -0.226. The monoisotopic (exact) mass is 476 g/mol. The number of hydrogen-bond acceptors (Lipinski definition) is 7. The van der Waals surface area contributed by atoms with E-state index in [0.29, 0.717) is 31.9 Å².